The third-order valence-corrected chi connectivity index (χ3v) is 3.26. The second kappa shape index (κ2) is 7.75. The van der Waals surface area contributed by atoms with Crippen molar-refractivity contribution in [2.45, 2.75) is 20.4 Å². The van der Waals surface area contributed by atoms with Crippen LogP contribution >= 0.6 is 0 Å². The Labute approximate surface area is 120 Å². The van der Waals surface area contributed by atoms with E-state index in [2.05, 4.69) is 0 Å². The number of ether oxygens (including phenoxy) is 3. The summed E-state index contributed by atoms with van der Waals surface area (Å²) < 4.78 is 15.3. The summed E-state index contributed by atoms with van der Waals surface area (Å²) in [6, 6.07) is 3.90. The van der Waals surface area contributed by atoms with Gasteiger partial charge in [0.25, 0.3) is 0 Å². The van der Waals surface area contributed by atoms with Gasteiger partial charge in [-0.25, -0.2) is 0 Å². The third kappa shape index (κ3) is 4.13. The highest BCUT2D eigenvalue weighted by Gasteiger charge is 2.14. The number of carbonyl (C=O) groups is 1. The number of esters is 1. The molecule has 0 radical (unpaired) electrons. The molecular formula is C15H23NO4. The highest BCUT2D eigenvalue weighted by atomic mass is 16.5. The molecule has 5 nitrogen and oxygen atoms in total. The maximum absolute atomic E-state index is 11.4. The van der Waals surface area contributed by atoms with E-state index in [1.807, 2.05) is 30.9 Å². The highest BCUT2D eigenvalue weighted by Crippen LogP contribution is 2.30. The molecule has 20 heavy (non-hydrogen) atoms. The predicted molar refractivity (Wildman–Crippen MR) is 77.3 cm³/mol. The van der Waals surface area contributed by atoms with Gasteiger partial charge in [-0.3, -0.25) is 9.69 Å². The number of methoxy groups -OCH3 is 3. The summed E-state index contributed by atoms with van der Waals surface area (Å²) >= 11 is 0. The van der Waals surface area contributed by atoms with E-state index in [0.717, 1.165) is 17.7 Å². The van der Waals surface area contributed by atoms with Gasteiger partial charge in [0.1, 0.15) is 0 Å². The molecule has 0 spiro atoms. The lowest BCUT2D eigenvalue weighted by Crippen LogP contribution is -2.30. The van der Waals surface area contributed by atoms with Gasteiger partial charge in [0.2, 0.25) is 0 Å². The SMILES string of the molecule is CCN(CC(=O)OC)Cc1cc(OC)c(OC)cc1C. The first-order valence-electron chi connectivity index (χ1n) is 6.56. The monoisotopic (exact) mass is 281 g/mol. The summed E-state index contributed by atoms with van der Waals surface area (Å²) in [5.74, 6) is 1.18. The van der Waals surface area contributed by atoms with Gasteiger partial charge in [-0.15, -0.1) is 0 Å². The largest absolute Gasteiger partial charge is 0.493 e. The van der Waals surface area contributed by atoms with Gasteiger partial charge in [-0.05, 0) is 36.7 Å². The van der Waals surface area contributed by atoms with Crippen molar-refractivity contribution in [2.24, 2.45) is 0 Å². The Morgan fingerprint density at radius 2 is 1.75 bits per heavy atom. The van der Waals surface area contributed by atoms with E-state index in [0.29, 0.717) is 18.0 Å². The van der Waals surface area contributed by atoms with E-state index in [1.165, 1.54) is 7.11 Å². The number of hydrogen-bond donors (Lipinski definition) is 0. The van der Waals surface area contributed by atoms with Gasteiger partial charge in [-0.1, -0.05) is 6.92 Å². The minimum atomic E-state index is -0.232. The first-order valence-corrected chi connectivity index (χ1v) is 6.56. The van der Waals surface area contributed by atoms with E-state index in [1.54, 1.807) is 14.2 Å². The zero-order valence-corrected chi connectivity index (χ0v) is 12.9. The van der Waals surface area contributed by atoms with Crippen molar-refractivity contribution in [3.05, 3.63) is 23.3 Å². The zero-order valence-electron chi connectivity index (χ0n) is 12.9. The zero-order chi connectivity index (χ0) is 15.1. The van der Waals surface area contributed by atoms with Gasteiger partial charge in [0.05, 0.1) is 27.9 Å². The van der Waals surface area contributed by atoms with Crippen molar-refractivity contribution in [1.29, 1.82) is 0 Å². The van der Waals surface area contributed by atoms with Crippen LogP contribution in [0.4, 0.5) is 0 Å². The van der Waals surface area contributed by atoms with Gasteiger partial charge < -0.3 is 14.2 Å². The number of aryl methyl sites for hydroxylation is 1. The average molecular weight is 281 g/mol. The molecule has 1 rings (SSSR count). The molecular weight excluding hydrogens is 258 g/mol. The second-order valence-corrected chi connectivity index (χ2v) is 4.51. The first kappa shape index (κ1) is 16.3. The molecule has 0 aliphatic carbocycles. The minimum Gasteiger partial charge on any atom is -0.493 e. The molecule has 0 heterocycles. The molecule has 5 heteroatoms. The molecule has 112 valence electrons. The van der Waals surface area contributed by atoms with Crippen LogP contribution in [-0.2, 0) is 16.1 Å². The summed E-state index contributed by atoms with van der Waals surface area (Å²) in [5.41, 5.74) is 2.21. The molecule has 0 aromatic heterocycles. The lowest BCUT2D eigenvalue weighted by Gasteiger charge is -2.21. The van der Waals surface area contributed by atoms with Crippen LogP contribution in [0.25, 0.3) is 0 Å². The van der Waals surface area contributed by atoms with E-state index in [9.17, 15) is 4.79 Å². The molecule has 1 aromatic rings. The number of rotatable bonds is 7. The molecule has 0 N–H and O–H groups in total. The van der Waals surface area contributed by atoms with Crippen LogP contribution < -0.4 is 9.47 Å². The normalized spacial score (nSPS) is 10.5. The number of carbonyl (C=O) groups excluding carboxylic acids is 1. The highest BCUT2D eigenvalue weighted by molar-refractivity contribution is 5.71. The Morgan fingerprint density at radius 1 is 1.15 bits per heavy atom. The summed E-state index contributed by atoms with van der Waals surface area (Å²) in [4.78, 5) is 13.4. The Balaban J connectivity index is 2.92. The first-order chi connectivity index (χ1) is 9.55. The standard InChI is InChI=1S/C15H23NO4/c1-6-16(10-15(17)20-5)9-12-8-14(19-4)13(18-3)7-11(12)2/h7-8H,6,9-10H2,1-5H3. The Hall–Kier alpha value is -1.75. The van der Waals surface area contributed by atoms with Crippen LogP contribution in [0, 0.1) is 6.92 Å². The second-order valence-electron chi connectivity index (χ2n) is 4.51. The van der Waals surface area contributed by atoms with E-state index < -0.39 is 0 Å². The van der Waals surface area contributed by atoms with Crippen LogP contribution in [0.5, 0.6) is 11.5 Å². The molecule has 0 aliphatic rings. The Kier molecular flexibility index (Phi) is 6.31. The van der Waals surface area contributed by atoms with Gasteiger partial charge in [0, 0.05) is 6.54 Å². The lowest BCUT2D eigenvalue weighted by molar-refractivity contribution is -0.142. The van der Waals surface area contributed by atoms with Gasteiger partial charge in [-0.2, -0.15) is 0 Å². The van der Waals surface area contributed by atoms with Crippen molar-refractivity contribution in [1.82, 2.24) is 4.90 Å². The lowest BCUT2D eigenvalue weighted by atomic mass is 10.1. The van der Waals surface area contributed by atoms with E-state index in [4.69, 9.17) is 14.2 Å². The fourth-order valence-electron chi connectivity index (χ4n) is 1.96. The number of hydrogen-bond acceptors (Lipinski definition) is 5. The predicted octanol–water partition coefficient (Wildman–Crippen LogP) is 2.01. The number of likely N-dealkylation sites (N-methyl/N-ethyl adjacent to an activating group) is 1. The van der Waals surface area contributed by atoms with Crippen LogP contribution in [-0.4, -0.2) is 45.3 Å². The molecule has 0 bridgehead atoms. The maximum atomic E-state index is 11.4. The Morgan fingerprint density at radius 3 is 2.25 bits per heavy atom. The molecule has 0 atom stereocenters. The summed E-state index contributed by atoms with van der Waals surface area (Å²) in [5, 5.41) is 0. The van der Waals surface area contributed by atoms with Crippen LogP contribution in [0.15, 0.2) is 12.1 Å². The molecule has 0 aliphatic heterocycles. The molecule has 0 unspecified atom stereocenters. The summed E-state index contributed by atoms with van der Waals surface area (Å²) in [7, 11) is 4.63. The maximum Gasteiger partial charge on any atom is 0.319 e. The van der Waals surface area contributed by atoms with Crippen LogP contribution in [0.2, 0.25) is 0 Å². The molecule has 1 aromatic carbocycles. The van der Waals surface area contributed by atoms with Gasteiger partial charge >= 0.3 is 5.97 Å². The van der Waals surface area contributed by atoms with E-state index in [-0.39, 0.29) is 12.5 Å². The van der Waals surface area contributed by atoms with Crippen molar-refractivity contribution in [3.63, 3.8) is 0 Å². The number of benzene rings is 1. The Bertz CT molecular complexity index is 459. The molecule has 0 amide bonds. The summed E-state index contributed by atoms with van der Waals surface area (Å²) in [6.45, 7) is 5.74. The van der Waals surface area contributed by atoms with Crippen LogP contribution in [0.1, 0.15) is 18.1 Å². The van der Waals surface area contributed by atoms with Crippen molar-refractivity contribution < 1.29 is 19.0 Å². The van der Waals surface area contributed by atoms with Crippen molar-refractivity contribution in [3.8, 4) is 11.5 Å². The average Bonchev–Trinajstić information content (AvgIpc) is 2.47. The van der Waals surface area contributed by atoms with Crippen molar-refractivity contribution >= 4 is 5.97 Å². The van der Waals surface area contributed by atoms with Crippen molar-refractivity contribution in [2.75, 3.05) is 34.4 Å². The van der Waals surface area contributed by atoms with E-state index >= 15 is 0 Å². The van der Waals surface area contributed by atoms with Crippen LogP contribution in [0.3, 0.4) is 0 Å². The smallest absolute Gasteiger partial charge is 0.319 e. The molecule has 0 saturated carbocycles. The minimum absolute atomic E-state index is 0.232. The number of nitrogens with zero attached hydrogens (tertiary/aromatic N) is 1. The molecule has 0 saturated heterocycles. The third-order valence-electron chi connectivity index (χ3n) is 3.26. The molecule has 0 fully saturated rings. The fraction of sp³-hybridized carbons (Fsp3) is 0.533. The quantitative estimate of drug-likeness (QED) is 0.715. The van der Waals surface area contributed by atoms with Gasteiger partial charge in [0.15, 0.2) is 11.5 Å². The fourth-order valence-corrected chi connectivity index (χ4v) is 1.96. The topological polar surface area (TPSA) is 48.0 Å². The summed E-state index contributed by atoms with van der Waals surface area (Å²) in [6.07, 6.45) is 0.